The predicted octanol–water partition coefficient (Wildman–Crippen LogP) is 7.12. The molecule has 0 radical (unpaired) electrons. The molecule has 2 aromatic rings. The Hall–Kier alpha value is -2.62. The van der Waals surface area contributed by atoms with Gasteiger partial charge in [0.2, 0.25) is 0 Å². The lowest BCUT2D eigenvalue weighted by atomic mass is 9.68. The molecule has 1 aliphatic heterocycles. The average Bonchev–Trinajstić information content (AvgIpc) is 2.88. The summed E-state index contributed by atoms with van der Waals surface area (Å²) < 4.78 is 5.90. The van der Waals surface area contributed by atoms with Crippen LogP contribution in [0.4, 0.5) is 11.4 Å². The second-order valence-electron chi connectivity index (χ2n) is 10.3. The second-order valence-corrected chi connectivity index (χ2v) is 10.3. The minimum atomic E-state index is -0.243. The highest BCUT2D eigenvalue weighted by molar-refractivity contribution is 6.10. The summed E-state index contributed by atoms with van der Waals surface area (Å²) in [4.78, 5) is 18.5. The Bertz CT molecular complexity index is 1020. The van der Waals surface area contributed by atoms with Gasteiger partial charge in [-0.25, -0.2) is 0 Å². The van der Waals surface area contributed by atoms with E-state index in [0.717, 1.165) is 47.8 Å². The molecule has 4 nitrogen and oxygen atoms in total. The Morgan fingerprint density at radius 3 is 2.50 bits per heavy atom. The third kappa shape index (κ3) is 4.74. The minimum Gasteiger partial charge on any atom is -0.494 e. The zero-order chi connectivity index (χ0) is 22.9. The first kappa shape index (κ1) is 22.6. The molecule has 0 saturated heterocycles. The second kappa shape index (κ2) is 9.09. The van der Waals surface area contributed by atoms with Gasteiger partial charge in [-0.05, 0) is 73.1 Å². The van der Waals surface area contributed by atoms with Crippen LogP contribution in [0, 0.1) is 25.2 Å². The van der Waals surface area contributed by atoms with Crippen molar-refractivity contribution in [1.29, 1.82) is 0 Å². The van der Waals surface area contributed by atoms with Crippen molar-refractivity contribution in [3.05, 3.63) is 53.1 Å². The molecule has 1 aliphatic carbocycles. The average molecular weight is 433 g/mol. The monoisotopic (exact) mass is 432 g/mol. The van der Waals surface area contributed by atoms with Crippen molar-refractivity contribution in [3.63, 3.8) is 0 Å². The maximum atomic E-state index is 13.4. The van der Waals surface area contributed by atoms with Gasteiger partial charge in [-0.3, -0.25) is 9.79 Å². The number of hydrogen-bond donors (Lipinski definition) is 1. The van der Waals surface area contributed by atoms with Gasteiger partial charge in [0.05, 0.1) is 29.9 Å². The summed E-state index contributed by atoms with van der Waals surface area (Å²) in [6.07, 6.45) is 4.87. The molecule has 2 aliphatic rings. The first-order valence-corrected chi connectivity index (χ1v) is 12.0. The van der Waals surface area contributed by atoms with E-state index < -0.39 is 0 Å². The maximum absolute atomic E-state index is 13.4. The van der Waals surface area contributed by atoms with E-state index >= 15 is 0 Å². The Labute approximate surface area is 192 Å². The quantitative estimate of drug-likeness (QED) is 0.495. The number of ketones is 1. The molecule has 1 heterocycles. The van der Waals surface area contributed by atoms with E-state index in [4.69, 9.17) is 9.73 Å². The van der Waals surface area contributed by atoms with Gasteiger partial charge in [0.15, 0.2) is 0 Å². The summed E-state index contributed by atoms with van der Waals surface area (Å²) in [7, 11) is 0. The van der Waals surface area contributed by atoms with Gasteiger partial charge in [0.25, 0.3) is 0 Å². The normalized spacial score (nSPS) is 21.7. The molecular weight excluding hydrogens is 396 g/mol. The van der Waals surface area contributed by atoms with Crippen LogP contribution in [-0.4, -0.2) is 18.1 Å². The van der Waals surface area contributed by atoms with Gasteiger partial charge in [-0.1, -0.05) is 45.7 Å². The van der Waals surface area contributed by atoms with Gasteiger partial charge in [-0.2, -0.15) is 0 Å². The van der Waals surface area contributed by atoms with Crippen molar-refractivity contribution in [2.75, 3.05) is 11.9 Å². The van der Waals surface area contributed by atoms with Gasteiger partial charge in [0.1, 0.15) is 11.5 Å². The highest BCUT2D eigenvalue weighted by Crippen LogP contribution is 2.45. The van der Waals surface area contributed by atoms with Crippen LogP contribution in [0.15, 0.2) is 41.4 Å². The lowest BCUT2D eigenvalue weighted by Gasteiger charge is -2.37. The zero-order valence-electron chi connectivity index (χ0n) is 20.1. The number of nitrogens with zero attached hydrogens (tertiary/aromatic N) is 1. The van der Waals surface area contributed by atoms with Crippen molar-refractivity contribution < 1.29 is 9.53 Å². The molecule has 4 rings (SSSR count). The number of carbonyl (C=O) groups is 1. The Kier molecular flexibility index (Phi) is 6.41. The molecule has 1 fully saturated rings. The molecule has 0 unspecified atom stereocenters. The number of hydrogen-bond acceptors (Lipinski definition) is 4. The molecule has 2 aromatic carbocycles. The number of rotatable bonds is 6. The van der Waals surface area contributed by atoms with E-state index in [1.165, 1.54) is 24.0 Å². The fraction of sp³-hybridized carbons (Fsp3) is 0.500. The first-order valence-electron chi connectivity index (χ1n) is 12.0. The van der Waals surface area contributed by atoms with Crippen LogP contribution in [0.5, 0.6) is 5.75 Å². The fourth-order valence-corrected chi connectivity index (χ4v) is 4.92. The van der Waals surface area contributed by atoms with Crippen LogP contribution < -0.4 is 10.1 Å². The standard InChI is InChI=1S/C28H36N2O2/c1-6-7-8-13-32-21-11-9-20(10-12-21)27-26-24(16-28(4,5)17-25(26)31)29-22-14-18(2)19(3)15-23(22)30-27/h9-12,14-15,26-27,30H,6-8,13,16-17H2,1-5H3/t26-,27-/m0/s1. The molecule has 2 atom stereocenters. The number of benzene rings is 2. The van der Waals surface area contributed by atoms with Gasteiger partial charge in [0, 0.05) is 12.1 Å². The largest absolute Gasteiger partial charge is 0.494 e. The lowest BCUT2D eigenvalue weighted by molar-refractivity contribution is -0.124. The molecule has 0 amide bonds. The van der Waals surface area contributed by atoms with Crippen LogP contribution in [-0.2, 0) is 4.79 Å². The Balaban J connectivity index is 1.68. The SMILES string of the molecule is CCCCCOc1ccc([C@@H]2Nc3cc(C)c(C)cc3N=C3CC(C)(C)CC(=O)[C@H]32)cc1. The number of carbonyl (C=O) groups excluding carboxylic acids is 1. The summed E-state index contributed by atoms with van der Waals surface area (Å²) in [5.41, 5.74) is 6.44. The van der Waals surface area contributed by atoms with Crippen LogP contribution in [0.2, 0.25) is 0 Å². The van der Waals surface area contributed by atoms with Crippen molar-refractivity contribution in [2.24, 2.45) is 16.3 Å². The van der Waals surface area contributed by atoms with E-state index in [-0.39, 0.29) is 23.2 Å². The van der Waals surface area contributed by atoms with E-state index in [1.807, 2.05) is 12.1 Å². The number of unbranched alkanes of at least 4 members (excludes halogenated alkanes) is 2. The summed E-state index contributed by atoms with van der Waals surface area (Å²) in [5.74, 6) is 0.918. The zero-order valence-corrected chi connectivity index (χ0v) is 20.1. The molecule has 32 heavy (non-hydrogen) atoms. The van der Waals surface area contributed by atoms with Crippen LogP contribution >= 0.6 is 0 Å². The minimum absolute atomic E-state index is 0.0581. The van der Waals surface area contributed by atoms with Crippen LogP contribution in [0.1, 0.15) is 75.6 Å². The molecule has 1 N–H and O–H groups in total. The topological polar surface area (TPSA) is 50.7 Å². The molecule has 0 bridgehead atoms. The molecular formula is C28H36N2O2. The van der Waals surface area contributed by atoms with E-state index in [2.05, 4.69) is 64.2 Å². The van der Waals surface area contributed by atoms with Crippen molar-refractivity contribution in [1.82, 2.24) is 0 Å². The first-order chi connectivity index (χ1) is 15.3. The number of anilines is 1. The van der Waals surface area contributed by atoms with Gasteiger partial charge < -0.3 is 10.1 Å². The summed E-state index contributed by atoms with van der Waals surface area (Å²) in [6.45, 7) is 11.5. The number of nitrogens with one attached hydrogen (secondary N) is 1. The van der Waals surface area contributed by atoms with Crippen molar-refractivity contribution in [3.8, 4) is 5.75 Å². The third-order valence-electron chi connectivity index (χ3n) is 6.79. The number of ether oxygens (including phenoxy) is 1. The molecule has 1 saturated carbocycles. The van der Waals surface area contributed by atoms with Crippen molar-refractivity contribution >= 4 is 22.9 Å². The number of Topliss-reactive ketones (excluding diaryl/α,β-unsaturated/α-hetero) is 1. The summed E-state index contributed by atoms with van der Waals surface area (Å²) >= 11 is 0. The Morgan fingerprint density at radius 1 is 1.06 bits per heavy atom. The third-order valence-corrected chi connectivity index (χ3v) is 6.79. The Morgan fingerprint density at radius 2 is 1.78 bits per heavy atom. The molecule has 4 heteroatoms. The van der Waals surface area contributed by atoms with Crippen LogP contribution in [0.25, 0.3) is 0 Å². The summed E-state index contributed by atoms with van der Waals surface area (Å²) in [6, 6.07) is 12.4. The molecule has 0 spiro atoms. The smallest absolute Gasteiger partial charge is 0.144 e. The molecule has 170 valence electrons. The fourth-order valence-electron chi connectivity index (χ4n) is 4.92. The van der Waals surface area contributed by atoms with Crippen LogP contribution in [0.3, 0.4) is 0 Å². The highest BCUT2D eigenvalue weighted by Gasteiger charge is 2.44. The summed E-state index contributed by atoms with van der Waals surface area (Å²) in [5, 5.41) is 3.70. The predicted molar refractivity (Wildman–Crippen MR) is 132 cm³/mol. The van der Waals surface area contributed by atoms with E-state index in [9.17, 15) is 4.79 Å². The van der Waals surface area contributed by atoms with Crippen molar-refractivity contribution in [2.45, 2.75) is 72.8 Å². The number of fused-ring (bicyclic) bond motifs is 2. The van der Waals surface area contributed by atoms with Gasteiger partial charge >= 0.3 is 0 Å². The maximum Gasteiger partial charge on any atom is 0.144 e. The highest BCUT2D eigenvalue weighted by atomic mass is 16.5. The van der Waals surface area contributed by atoms with Gasteiger partial charge in [-0.15, -0.1) is 0 Å². The number of aryl methyl sites for hydroxylation is 2. The van der Waals surface area contributed by atoms with E-state index in [0.29, 0.717) is 6.42 Å². The number of aliphatic imine (C=N–C) groups is 1. The van der Waals surface area contributed by atoms with E-state index in [1.54, 1.807) is 0 Å². The molecule has 0 aromatic heterocycles. The lowest BCUT2D eigenvalue weighted by Crippen LogP contribution is -2.42.